The summed E-state index contributed by atoms with van der Waals surface area (Å²) in [6, 6.07) is 8.18. The maximum atomic E-state index is 13.1. The molecule has 0 radical (unpaired) electrons. The Bertz CT molecular complexity index is 675. The van der Waals surface area contributed by atoms with E-state index in [1.54, 1.807) is 25.4 Å². The van der Waals surface area contributed by atoms with E-state index >= 15 is 0 Å². The van der Waals surface area contributed by atoms with Gasteiger partial charge in [-0.15, -0.1) is 0 Å². The normalized spacial score (nSPS) is 17.5. The lowest BCUT2D eigenvalue weighted by atomic mass is 10.1. The molecule has 0 bridgehead atoms. The number of carbonyl (C=O) groups is 1. The van der Waals surface area contributed by atoms with Gasteiger partial charge in [-0.2, -0.15) is 0 Å². The van der Waals surface area contributed by atoms with Crippen molar-refractivity contribution >= 4 is 11.7 Å². The number of aryl methyl sites for hydroxylation is 1. The second-order valence-electron chi connectivity index (χ2n) is 5.52. The molecular weight excluding hydrogens is 281 g/mol. The topological polar surface area (TPSA) is 45.2 Å². The fourth-order valence-corrected chi connectivity index (χ4v) is 2.90. The van der Waals surface area contributed by atoms with Crippen LogP contribution in [0.15, 0.2) is 42.7 Å². The summed E-state index contributed by atoms with van der Waals surface area (Å²) >= 11 is 0. The molecule has 1 N–H and O–H groups in total. The molecular formula is C17H18FN3O. The van der Waals surface area contributed by atoms with Crippen molar-refractivity contribution in [2.45, 2.75) is 25.8 Å². The van der Waals surface area contributed by atoms with Gasteiger partial charge < -0.3 is 10.2 Å². The number of rotatable bonds is 2. The van der Waals surface area contributed by atoms with Crippen LogP contribution in [0.5, 0.6) is 0 Å². The fraction of sp³-hybridized carbons (Fsp3) is 0.294. The molecule has 0 aliphatic carbocycles. The average molecular weight is 299 g/mol. The zero-order valence-electron chi connectivity index (χ0n) is 12.4. The van der Waals surface area contributed by atoms with Crippen LogP contribution in [0.3, 0.4) is 0 Å². The number of pyridine rings is 1. The lowest BCUT2D eigenvalue weighted by Crippen LogP contribution is -2.34. The summed E-state index contributed by atoms with van der Waals surface area (Å²) in [6.45, 7) is 2.50. The van der Waals surface area contributed by atoms with Gasteiger partial charge in [0.15, 0.2) is 0 Å². The van der Waals surface area contributed by atoms with Gasteiger partial charge in [-0.25, -0.2) is 9.18 Å². The molecule has 1 aliphatic heterocycles. The van der Waals surface area contributed by atoms with Crippen LogP contribution in [0, 0.1) is 12.7 Å². The minimum atomic E-state index is -0.300. The number of hydrogen-bond acceptors (Lipinski definition) is 2. The third-order valence-corrected chi connectivity index (χ3v) is 4.03. The zero-order valence-corrected chi connectivity index (χ0v) is 12.4. The second kappa shape index (κ2) is 6.13. The van der Waals surface area contributed by atoms with Gasteiger partial charge in [-0.05, 0) is 61.2 Å². The molecule has 1 fully saturated rings. The van der Waals surface area contributed by atoms with E-state index in [1.165, 1.54) is 12.1 Å². The summed E-state index contributed by atoms with van der Waals surface area (Å²) in [5.41, 5.74) is 2.46. The molecule has 1 aliphatic rings. The van der Waals surface area contributed by atoms with Gasteiger partial charge in [0.05, 0.1) is 6.04 Å². The maximum Gasteiger partial charge on any atom is 0.322 e. The number of aromatic nitrogens is 1. The summed E-state index contributed by atoms with van der Waals surface area (Å²) in [6.07, 6.45) is 5.41. The van der Waals surface area contributed by atoms with E-state index in [1.807, 2.05) is 17.0 Å². The van der Waals surface area contributed by atoms with Crippen molar-refractivity contribution in [3.8, 4) is 0 Å². The number of benzene rings is 1. The van der Waals surface area contributed by atoms with Gasteiger partial charge in [0, 0.05) is 24.6 Å². The van der Waals surface area contributed by atoms with Crippen LogP contribution in [-0.2, 0) is 0 Å². The first-order valence-corrected chi connectivity index (χ1v) is 7.39. The number of urea groups is 1. The molecule has 1 saturated heterocycles. The smallest absolute Gasteiger partial charge is 0.317 e. The van der Waals surface area contributed by atoms with Crippen molar-refractivity contribution in [2.75, 3.05) is 11.9 Å². The third-order valence-electron chi connectivity index (χ3n) is 4.03. The number of nitrogens with zero attached hydrogens (tertiary/aromatic N) is 2. The highest BCUT2D eigenvalue weighted by molar-refractivity contribution is 5.90. The van der Waals surface area contributed by atoms with Crippen molar-refractivity contribution in [3.63, 3.8) is 0 Å². The molecule has 1 unspecified atom stereocenters. The number of hydrogen-bond donors (Lipinski definition) is 1. The molecule has 0 saturated carbocycles. The lowest BCUT2D eigenvalue weighted by molar-refractivity contribution is 0.207. The number of halogens is 1. The van der Waals surface area contributed by atoms with Crippen LogP contribution >= 0.6 is 0 Å². The van der Waals surface area contributed by atoms with Crippen LogP contribution in [0.2, 0.25) is 0 Å². The Hall–Kier alpha value is -2.43. The minimum absolute atomic E-state index is 0.0729. The van der Waals surface area contributed by atoms with Crippen LogP contribution in [0.1, 0.15) is 30.0 Å². The molecule has 1 aromatic heterocycles. The van der Waals surface area contributed by atoms with Gasteiger partial charge in [-0.3, -0.25) is 4.98 Å². The van der Waals surface area contributed by atoms with Crippen molar-refractivity contribution in [1.29, 1.82) is 0 Å². The highest BCUT2D eigenvalue weighted by Gasteiger charge is 2.30. The van der Waals surface area contributed by atoms with Gasteiger partial charge in [0.1, 0.15) is 5.82 Å². The number of carbonyl (C=O) groups excluding carboxylic acids is 1. The molecule has 1 aromatic carbocycles. The summed E-state index contributed by atoms with van der Waals surface area (Å²) in [5, 5.41) is 2.88. The van der Waals surface area contributed by atoms with E-state index < -0.39 is 0 Å². The molecule has 1 atom stereocenters. The maximum absolute atomic E-state index is 13.1. The SMILES string of the molecule is Cc1cc(F)ccc1NC(=O)N1CCCC1c1ccncc1. The van der Waals surface area contributed by atoms with Crippen molar-refractivity contribution < 1.29 is 9.18 Å². The van der Waals surface area contributed by atoms with Gasteiger partial charge in [-0.1, -0.05) is 0 Å². The van der Waals surface area contributed by atoms with E-state index in [2.05, 4.69) is 10.3 Å². The molecule has 0 spiro atoms. The zero-order chi connectivity index (χ0) is 15.5. The summed E-state index contributed by atoms with van der Waals surface area (Å²) in [5.74, 6) is -0.300. The predicted octanol–water partition coefficient (Wildman–Crippen LogP) is 3.90. The lowest BCUT2D eigenvalue weighted by Gasteiger charge is -2.25. The summed E-state index contributed by atoms with van der Waals surface area (Å²) in [7, 11) is 0. The standard InChI is InChI=1S/C17H18FN3O/c1-12-11-14(18)4-5-15(12)20-17(22)21-10-2-3-16(21)13-6-8-19-9-7-13/h4-9,11,16H,2-3,10H2,1H3,(H,20,22). The first kappa shape index (κ1) is 14.5. The molecule has 114 valence electrons. The number of amides is 2. The van der Waals surface area contributed by atoms with Gasteiger partial charge in [0.25, 0.3) is 0 Å². The van der Waals surface area contributed by atoms with E-state index in [0.717, 1.165) is 24.9 Å². The molecule has 2 aromatic rings. The Morgan fingerprint density at radius 3 is 2.82 bits per heavy atom. The van der Waals surface area contributed by atoms with Crippen LogP contribution in [0.4, 0.5) is 14.9 Å². The van der Waals surface area contributed by atoms with Crippen molar-refractivity contribution in [1.82, 2.24) is 9.88 Å². The number of anilines is 1. The monoisotopic (exact) mass is 299 g/mol. The van der Waals surface area contributed by atoms with E-state index in [9.17, 15) is 9.18 Å². The Labute approximate surface area is 129 Å². The second-order valence-corrected chi connectivity index (χ2v) is 5.52. The van der Waals surface area contributed by atoms with Crippen molar-refractivity contribution in [3.05, 3.63) is 59.7 Å². The number of nitrogens with one attached hydrogen (secondary N) is 1. The molecule has 4 nitrogen and oxygen atoms in total. The molecule has 5 heteroatoms. The molecule has 2 amide bonds. The Morgan fingerprint density at radius 2 is 2.09 bits per heavy atom. The highest BCUT2D eigenvalue weighted by atomic mass is 19.1. The largest absolute Gasteiger partial charge is 0.322 e. The van der Waals surface area contributed by atoms with Crippen LogP contribution in [0.25, 0.3) is 0 Å². The third kappa shape index (κ3) is 2.93. The molecule has 2 heterocycles. The van der Waals surface area contributed by atoms with E-state index in [-0.39, 0.29) is 17.9 Å². The molecule has 22 heavy (non-hydrogen) atoms. The summed E-state index contributed by atoms with van der Waals surface area (Å²) in [4.78, 5) is 18.4. The summed E-state index contributed by atoms with van der Waals surface area (Å²) < 4.78 is 13.1. The van der Waals surface area contributed by atoms with E-state index in [0.29, 0.717) is 11.3 Å². The van der Waals surface area contributed by atoms with Gasteiger partial charge in [0.2, 0.25) is 0 Å². The average Bonchev–Trinajstić information content (AvgIpc) is 3.00. The van der Waals surface area contributed by atoms with Gasteiger partial charge >= 0.3 is 6.03 Å². The van der Waals surface area contributed by atoms with Crippen LogP contribution in [-0.4, -0.2) is 22.5 Å². The fourth-order valence-electron chi connectivity index (χ4n) is 2.90. The predicted molar refractivity (Wildman–Crippen MR) is 83.1 cm³/mol. The first-order valence-electron chi connectivity index (χ1n) is 7.39. The van der Waals surface area contributed by atoms with Crippen LogP contribution < -0.4 is 5.32 Å². The Balaban J connectivity index is 1.76. The highest BCUT2D eigenvalue weighted by Crippen LogP contribution is 2.32. The molecule has 3 rings (SSSR count). The Kier molecular flexibility index (Phi) is 4.04. The van der Waals surface area contributed by atoms with Crippen molar-refractivity contribution in [2.24, 2.45) is 0 Å². The number of likely N-dealkylation sites (tertiary alicyclic amines) is 1. The first-order chi connectivity index (χ1) is 10.6. The quantitative estimate of drug-likeness (QED) is 0.914. The van der Waals surface area contributed by atoms with E-state index in [4.69, 9.17) is 0 Å². The minimum Gasteiger partial charge on any atom is -0.317 e. The Morgan fingerprint density at radius 1 is 1.32 bits per heavy atom.